The van der Waals surface area contributed by atoms with Crippen LogP contribution in [0.5, 0.6) is 0 Å². The van der Waals surface area contributed by atoms with Gasteiger partial charge in [-0.3, -0.25) is 0 Å². The van der Waals surface area contributed by atoms with E-state index in [1.165, 1.54) is 70.9 Å². The molecule has 0 saturated heterocycles. The minimum Gasteiger partial charge on any atom is -0.310 e. The number of nitriles is 1. The van der Waals surface area contributed by atoms with Crippen molar-refractivity contribution in [2.24, 2.45) is 0 Å². The van der Waals surface area contributed by atoms with Crippen LogP contribution in [0.1, 0.15) is 5.56 Å². The third kappa shape index (κ3) is 5.35. The van der Waals surface area contributed by atoms with Gasteiger partial charge in [-0.1, -0.05) is 127 Å². The number of fused-ring (bicyclic) bond motifs is 1. The molecule has 0 radical (unpaired) electrons. The molecule has 0 bridgehead atoms. The maximum absolute atomic E-state index is 9.44. The summed E-state index contributed by atoms with van der Waals surface area (Å²) < 4.78 is 0. The van der Waals surface area contributed by atoms with Gasteiger partial charge in [-0.25, -0.2) is 0 Å². The monoisotopic (exact) mass is 672 g/mol. The topological polar surface area (TPSA) is 27.0 Å². The lowest BCUT2D eigenvalue weighted by atomic mass is 9.89. The maximum atomic E-state index is 9.44. The van der Waals surface area contributed by atoms with E-state index < -0.39 is 0 Å². The Morgan fingerprint density at radius 2 is 0.774 bits per heavy atom. The summed E-state index contributed by atoms with van der Waals surface area (Å²) in [5, 5.41) is 19.5. The molecule has 0 N–H and O–H groups in total. The summed E-state index contributed by atoms with van der Waals surface area (Å²) in [6.07, 6.45) is 0. The molecule has 0 atom stereocenters. The van der Waals surface area contributed by atoms with E-state index in [2.05, 4.69) is 181 Å². The van der Waals surface area contributed by atoms with Crippen LogP contribution in [0.4, 0.5) is 17.1 Å². The molecule has 0 unspecified atom stereocenters. The van der Waals surface area contributed by atoms with E-state index in [-0.39, 0.29) is 0 Å². The van der Waals surface area contributed by atoms with Crippen LogP contribution in [-0.2, 0) is 0 Å². The van der Waals surface area contributed by atoms with Gasteiger partial charge in [0.25, 0.3) is 0 Å². The van der Waals surface area contributed by atoms with E-state index in [9.17, 15) is 5.26 Å². The minimum atomic E-state index is 0.644. The SMILES string of the molecule is N#Cc1ccc(N(c2ccc(-c3ccc(-c4cc5ccc6cc(-c7ccccc7)cc7ccc(c4)c5c67)cc3)cc2)c2cccc3ccccc23)cc1. The van der Waals surface area contributed by atoms with Gasteiger partial charge in [0.05, 0.1) is 17.3 Å². The summed E-state index contributed by atoms with van der Waals surface area (Å²) in [4.78, 5) is 2.27. The van der Waals surface area contributed by atoms with Gasteiger partial charge in [0, 0.05) is 16.8 Å². The van der Waals surface area contributed by atoms with Gasteiger partial charge in [0.1, 0.15) is 0 Å². The lowest BCUT2D eigenvalue weighted by molar-refractivity contribution is 1.29. The maximum Gasteiger partial charge on any atom is 0.0991 e. The van der Waals surface area contributed by atoms with Crippen molar-refractivity contribution in [3.05, 3.63) is 200 Å². The quantitative estimate of drug-likeness (QED) is 0.164. The van der Waals surface area contributed by atoms with Crippen LogP contribution < -0.4 is 4.90 Å². The van der Waals surface area contributed by atoms with Crippen molar-refractivity contribution in [2.75, 3.05) is 4.90 Å². The highest BCUT2D eigenvalue weighted by atomic mass is 15.1. The van der Waals surface area contributed by atoms with Crippen LogP contribution in [0.3, 0.4) is 0 Å². The molecule has 0 spiro atoms. The summed E-state index contributed by atoms with van der Waals surface area (Å²) in [5.41, 5.74) is 11.0. The van der Waals surface area contributed by atoms with Crippen LogP contribution in [0.2, 0.25) is 0 Å². The predicted molar refractivity (Wildman–Crippen MR) is 223 cm³/mol. The first-order valence-corrected chi connectivity index (χ1v) is 18.0. The third-order valence-electron chi connectivity index (χ3n) is 10.6. The van der Waals surface area contributed by atoms with Gasteiger partial charge in [-0.2, -0.15) is 5.26 Å². The fourth-order valence-corrected chi connectivity index (χ4v) is 7.98. The van der Waals surface area contributed by atoms with Gasteiger partial charge < -0.3 is 4.90 Å². The standard InChI is InChI=1S/C51H32N2/c52-33-34-13-25-46(26-14-34)53(49-12-6-10-39-9-4-5-11-48(39)49)47-27-23-37(24-28-47)36-15-17-38(18-16-36)45-31-42-21-19-40-29-44(35-7-2-1-3-8-35)30-41-20-22-43(32-45)51(42)50(40)41/h1-32H. The first kappa shape index (κ1) is 30.6. The van der Waals surface area contributed by atoms with Crippen molar-refractivity contribution < 1.29 is 0 Å². The number of benzene rings is 10. The van der Waals surface area contributed by atoms with Crippen molar-refractivity contribution in [1.29, 1.82) is 5.26 Å². The van der Waals surface area contributed by atoms with E-state index in [1.807, 2.05) is 24.3 Å². The van der Waals surface area contributed by atoms with Crippen LogP contribution in [-0.4, -0.2) is 0 Å². The molecule has 0 aliphatic heterocycles. The Bertz CT molecular complexity index is 2900. The fraction of sp³-hybridized carbons (Fsp3) is 0. The second kappa shape index (κ2) is 12.5. The Morgan fingerprint density at radius 1 is 0.340 bits per heavy atom. The van der Waals surface area contributed by atoms with Crippen LogP contribution in [0.15, 0.2) is 194 Å². The molecule has 0 saturated carbocycles. The largest absolute Gasteiger partial charge is 0.310 e. The Balaban J connectivity index is 0.978. The molecule has 10 aromatic rings. The molecule has 0 aliphatic rings. The molecule has 0 aliphatic carbocycles. The average Bonchev–Trinajstić information content (AvgIpc) is 3.23. The molecule has 10 rings (SSSR count). The summed E-state index contributed by atoms with van der Waals surface area (Å²) in [5.74, 6) is 0. The highest BCUT2D eigenvalue weighted by Crippen LogP contribution is 2.41. The molecule has 0 amide bonds. The zero-order valence-corrected chi connectivity index (χ0v) is 28.9. The minimum absolute atomic E-state index is 0.644. The molecule has 10 aromatic carbocycles. The lowest BCUT2D eigenvalue weighted by Gasteiger charge is -2.27. The fourth-order valence-electron chi connectivity index (χ4n) is 7.98. The van der Waals surface area contributed by atoms with Crippen molar-refractivity contribution >= 4 is 60.2 Å². The van der Waals surface area contributed by atoms with Gasteiger partial charge >= 0.3 is 0 Å². The van der Waals surface area contributed by atoms with Crippen molar-refractivity contribution in [1.82, 2.24) is 0 Å². The summed E-state index contributed by atoms with van der Waals surface area (Å²) >= 11 is 0. The van der Waals surface area contributed by atoms with E-state index in [0.29, 0.717) is 5.56 Å². The number of anilines is 3. The normalized spacial score (nSPS) is 11.4. The molecule has 2 heteroatoms. The number of rotatable bonds is 6. The number of hydrogen-bond donors (Lipinski definition) is 0. The smallest absolute Gasteiger partial charge is 0.0991 e. The summed E-state index contributed by atoms with van der Waals surface area (Å²) in [7, 11) is 0. The first-order chi connectivity index (χ1) is 26.2. The molecule has 0 heterocycles. The first-order valence-electron chi connectivity index (χ1n) is 18.0. The van der Waals surface area contributed by atoms with Crippen LogP contribution in [0.25, 0.3) is 76.5 Å². The summed E-state index contributed by atoms with van der Waals surface area (Å²) in [6.45, 7) is 0. The van der Waals surface area contributed by atoms with Crippen molar-refractivity contribution in [2.45, 2.75) is 0 Å². The lowest BCUT2D eigenvalue weighted by Crippen LogP contribution is -2.10. The Kier molecular flexibility index (Phi) is 7.23. The Labute approximate surface area is 308 Å². The summed E-state index contributed by atoms with van der Waals surface area (Å²) in [6, 6.07) is 71.7. The predicted octanol–water partition coefficient (Wildman–Crippen LogP) is 14.1. The molecular formula is C51H32N2. The van der Waals surface area contributed by atoms with Gasteiger partial charge in [0.15, 0.2) is 0 Å². The molecule has 2 nitrogen and oxygen atoms in total. The molecule has 0 aromatic heterocycles. The van der Waals surface area contributed by atoms with E-state index >= 15 is 0 Å². The van der Waals surface area contributed by atoms with Crippen LogP contribution in [0, 0.1) is 11.3 Å². The molecule has 0 fully saturated rings. The molecule has 246 valence electrons. The third-order valence-corrected chi connectivity index (χ3v) is 10.6. The van der Waals surface area contributed by atoms with E-state index in [0.717, 1.165) is 22.6 Å². The van der Waals surface area contributed by atoms with E-state index in [4.69, 9.17) is 0 Å². The molecular weight excluding hydrogens is 641 g/mol. The average molecular weight is 673 g/mol. The van der Waals surface area contributed by atoms with Crippen molar-refractivity contribution in [3.63, 3.8) is 0 Å². The Hall–Kier alpha value is -7.21. The van der Waals surface area contributed by atoms with Gasteiger partial charge in [-0.05, 0) is 138 Å². The second-order valence-corrected chi connectivity index (χ2v) is 13.7. The number of nitrogens with zero attached hydrogens (tertiary/aromatic N) is 2. The molecule has 53 heavy (non-hydrogen) atoms. The highest BCUT2D eigenvalue weighted by Gasteiger charge is 2.16. The van der Waals surface area contributed by atoms with Crippen molar-refractivity contribution in [3.8, 4) is 39.4 Å². The Morgan fingerprint density at radius 3 is 1.32 bits per heavy atom. The second-order valence-electron chi connectivity index (χ2n) is 13.7. The van der Waals surface area contributed by atoms with Gasteiger partial charge in [0.2, 0.25) is 0 Å². The highest BCUT2D eigenvalue weighted by molar-refractivity contribution is 6.24. The zero-order valence-electron chi connectivity index (χ0n) is 28.9. The van der Waals surface area contributed by atoms with E-state index in [1.54, 1.807) is 0 Å². The number of hydrogen-bond acceptors (Lipinski definition) is 2. The van der Waals surface area contributed by atoms with Crippen LogP contribution >= 0.6 is 0 Å². The van der Waals surface area contributed by atoms with Gasteiger partial charge in [-0.15, -0.1) is 0 Å². The zero-order chi connectivity index (χ0) is 35.3.